The summed E-state index contributed by atoms with van der Waals surface area (Å²) < 4.78 is 20.0. The Morgan fingerprint density at radius 2 is 1.33 bits per heavy atom. The minimum atomic E-state index is -3.82. The molecule has 0 saturated carbocycles. The fourth-order valence-corrected chi connectivity index (χ4v) is 6.11. The average molecular weight is 498 g/mol. The van der Waals surface area contributed by atoms with Gasteiger partial charge in [0.2, 0.25) is 0 Å². The normalized spacial score (nSPS) is 13.3. The zero-order valence-electron chi connectivity index (χ0n) is 15.2. The molecule has 0 fully saturated rings. The highest BCUT2D eigenvalue weighted by atomic mass is 35.5. The van der Waals surface area contributed by atoms with E-state index in [-0.39, 0.29) is 25.8 Å². The summed E-state index contributed by atoms with van der Waals surface area (Å²) >= 11 is 24.4. The third kappa shape index (κ3) is 3.36. The molecule has 0 heterocycles. The fraction of sp³-hybridized carbons (Fsp3) is 0. The zero-order valence-corrected chi connectivity index (χ0v) is 19.1. The number of phenolic OH excluding ortho intramolecular Hbond substituents is 1. The van der Waals surface area contributed by atoms with Gasteiger partial charge in [0.25, 0.3) is 0 Å². The third-order valence-electron chi connectivity index (χ3n) is 4.72. The summed E-state index contributed by atoms with van der Waals surface area (Å²) in [6.45, 7) is 3.74. The number of halogens is 4. The van der Waals surface area contributed by atoms with Crippen LogP contribution in [0, 0.1) is 0 Å². The topological polar surface area (TPSA) is 46.5 Å². The van der Waals surface area contributed by atoms with Crippen molar-refractivity contribution in [2.24, 2.45) is 0 Å². The quantitative estimate of drug-likeness (QED) is 0.133. The van der Waals surface area contributed by atoms with Crippen LogP contribution in [0.15, 0.2) is 67.0 Å². The molecule has 152 valence electrons. The predicted molar refractivity (Wildman–Crippen MR) is 128 cm³/mol. The monoisotopic (exact) mass is 496 g/mol. The molecular weight excluding hydrogens is 485 g/mol. The van der Waals surface area contributed by atoms with Crippen LogP contribution in [0.5, 0.6) is 11.5 Å². The van der Waals surface area contributed by atoms with Crippen molar-refractivity contribution in [3.8, 4) is 11.5 Å². The Morgan fingerprint density at radius 1 is 0.833 bits per heavy atom. The smallest absolute Gasteiger partial charge is 0.300 e. The lowest BCUT2D eigenvalue weighted by atomic mass is 10.0. The molecule has 0 aliphatic rings. The van der Waals surface area contributed by atoms with Crippen molar-refractivity contribution < 1.29 is 14.2 Å². The van der Waals surface area contributed by atoms with E-state index in [4.69, 9.17) is 50.9 Å². The molecule has 4 aromatic rings. The minimum Gasteiger partial charge on any atom is -0.503 e. The van der Waals surface area contributed by atoms with Gasteiger partial charge in [-0.3, -0.25) is 4.57 Å². The van der Waals surface area contributed by atoms with Crippen molar-refractivity contribution in [2.45, 2.75) is 0 Å². The number of benzene rings is 4. The minimum absolute atomic E-state index is 0.116. The van der Waals surface area contributed by atoms with Gasteiger partial charge in [-0.1, -0.05) is 102 Å². The maximum atomic E-state index is 14.2. The van der Waals surface area contributed by atoms with Gasteiger partial charge in [-0.25, -0.2) is 0 Å². The maximum Gasteiger partial charge on any atom is 0.300 e. The highest BCUT2D eigenvalue weighted by molar-refractivity contribution is 7.71. The SMILES string of the molecule is C=CP(=O)(Oc1c(O)c(Cl)c(Cl)c(Cl)c1Cl)c1c2ccccc2cc2ccccc12. The lowest BCUT2D eigenvalue weighted by molar-refractivity contribution is 0.434. The van der Waals surface area contributed by atoms with Gasteiger partial charge in [-0.05, 0) is 27.6 Å². The first-order valence-corrected chi connectivity index (χ1v) is 11.9. The van der Waals surface area contributed by atoms with Crippen molar-refractivity contribution in [1.82, 2.24) is 0 Å². The van der Waals surface area contributed by atoms with Crippen LogP contribution in [0.2, 0.25) is 20.1 Å². The van der Waals surface area contributed by atoms with Crippen LogP contribution in [-0.4, -0.2) is 5.11 Å². The molecule has 0 saturated heterocycles. The molecule has 0 amide bonds. The van der Waals surface area contributed by atoms with Gasteiger partial charge in [-0.15, -0.1) is 0 Å². The molecule has 0 aliphatic carbocycles. The molecule has 1 N–H and O–H groups in total. The van der Waals surface area contributed by atoms with Gasteiger partial charge in [-0.2, -0.15) is 0 Å². The summed E-state index contributed by atoms with van der Waals surface area (Å²) in [5, 5.41) is 13.4. The van der Waals surface area contributed by atoms with E-state index in [2.05, 4.69) is 6.58 Å². The van der Waals surface area contributed by atoms with E-state index in [0.29, 0.717) is 5.30 Å². The largest absolute Gasteiger partial charge is 0.503 e. The predicted octanol–water partition coefficient (Wildman–Crippen LogP) is 8.44. The van der Waals surface area contributed by atoms with Gasteiger partial charge in [0.15, 0.2) is 11.5 Å². The third-order valence-corrected chi connectivity index (χ3v) is 8.54. The average Bonchev–Trinajstić information content (AvgIpc) is 2.77. The number of hydrogen-bond acceptors (Lipinski definition) is 3. The van der Waals surface area contributed by atoms with E-state index in [1.807, 2.05) is 54.6 Å². The summed E-state index contributed by atoms with van der Waals surface area (Å²) in [4.78, 5) is 0. The summed E-state index contributed by atoms with van der Waals surface area (Å²) in [6, 6.07) is 17.0. The van der Waals surface area contributed by atoms with Crippen molar-refractivity contribution in [2.75, 3.05) is 0 Å². The van der Waals surface area contributed by atoms with Crippen LogP contribution in [0.25, 0.3) is 21.5 Å². The standard InChI is InChI=1S/C22H13Cl4O3P/c1-2-30(28,29-21-19(26)17(24)16(23)18(25)20(21)27)22-14-9-5-3-7-12(14)11-13-8-4-6-10-15(13)22/h2-11,27H,1H2. The molecule has 0 aromatic heterocycles. The van der Waals surface area contributed by atoms with E-state index in [0.717, 1.165) is 21.5 Å². The second kappa shape index (κ2) is 8.00. The molecule has 3 nitrogen and oxygen atoms in total. The van der Waals surface area contributed by atoms with Crippen LogP contribution >= 0.6 is 53.8 Å². The molecule has 0 aliphatic heterocycles. The van der Waals surface area contributed by atoms with E-state index < -0.39 is 13.1 Å². The summed E-state index contributed by atoms with van der Waals surface area (Å²) in [7, 11) is -3.82. The lowest BCUT2D eigenvalue weighted by Gasteiger charge is -2.22. The van der Waals surface area contributed by atoms with Gasteiger partial charge < -0.3 is 9.63 Å². The van der Waals surface area contributed by atoms with Crippen LogP contribution < -0.4 is 9.83 Å². The highest BCUT2D eigenvalue weighted by Crippen LogP contribution is 2.57. The highest BCUT2D eigenvalue weighted by Gasteiger charge is 2.32. The molecule has 0 spiro atoms. The first-order valence-electron chi connectivity index (χ1n) is 8.67. The van der Waals surface area contributed by atoms with E-state index in [9.17, 15) is 9.67 Å². The summed E-state index contributed by atoms with van der Waals surface area (Å²) in [5.74, 6) is 0.340. The first kappa shape index (κ1) is 21.4. The fourth-order valence-electron chi connectivity index (χ4n) is 3.32. The Hall–Kier alpha value is -1.87. The Balaban J connectivity index is 2.05. The van der Waals surface area contributed by atoms with E-state index in [1.54, 1.807) is 0 Å². The number of hydrogen-bond donors (Lipinski definition) is 1. The van der Waals surface area contributed by atoms with Crippen molar-refractivity contribution in [3.63, 3.8) is 0 Å². The van der Waals surface area contributed by atoms with E-state index >= 15 is 0 Å². The van der Waals surface area contributed by atoms with Crippen molar-refractivity contribution in [3.05, 3.63) is 87.1 Å². The van der Waals surface area contributed by atoms with Gasteiger partial charge in [0.05, 0.1) is 15.3 Å². The molecule has 0 bridgehead atoms. The molecular formula is C22H13Cl4O3P. The first-order chi connectivity index (χ1) is 14.3. The van der Waals surface area contributed by atoms with Crippen LogP contribution in [0.4, 0.5) is 0 Å². The van der Waals surface area contributed by atoms with Gasteiger partial charge >= 0.3 is 7.37 Å². The lowest BCUT2D eigenvalue weighted by Crippen LogP contribution is -2.11. The second-order valence-corrected chi connectivity index (χ2v) is 10.2. The van der Waals surface area contributed by atoms with Crippen LogP contribution in [-0.2, 0) is 4.57 Å². The Kier molecular flexibility index (Phi) is 5.69. The molecule has 30 heavy (non-hydrogen) atoms. The second-order valence-electron chi connectivity index (χ2n) is 6.47. The molecule has 1 unspecified atom stereocenters. The van der Waals surface area contributed by atoms with Gasteiger partial charge in [0, 0.05) is 5.82 Å². The van der Waals surface area contributed by atoms with Crippen LogP contribution in [0.1, 0.15) is 0 Å². The number of phenols is 1. The molecule has 0 radical (unpaired) electrons. The van der Waals surface area contributed by atoms with Crippen molar-refractivity contribution >= 4 is 80.6 Å². The molecule has 4 rings (SSSR count). The maximum absolute atomic E-state index is 14.2. The number of aromatic hydroxyl groups is 1. The van der Waals surface area contributed by atoms with Gasteiger partial charge in [0.1, 0.15) is 10.0 Å². The molecule has 4 aromatic carbocycles. The summed E-state index contributed by atoms with van der Waals surface area (Å²) in [5.41, 5.74) is 0. The molecule has 1 atom stereocenters. The molecule has 8 heteroatoms. The van der Waals surface area contributed by atoms with E-state index in [1.165, 1.54) is 5.82 Å². The Labute approximate surface area is 192 Å². The van der Waals surface area contributed by atoms with Crippen molar-refractivity contribution in [1.29, 1.82) is 0 Å². The zero-order chi connectivity index (χ0) is 21.6. The number of rotatable bonds is 4. The Morgan fingerprint density at radius 3 is 1.87 bits per heavy atom. The number of fused-ring (bicyclic) bond motifs is 2. The Bertz CT molecular complexity index is 1300. The summed E-state index contributed by atoms with van der Waals surface area (Å²) in [6.07, 6.45) is 0. The van der Waals surface area contributed by atoms with Crippen LogP contribution in [0.3, 0.4) is 0 Å².